The molecule has 0 fully saturated rings. The number of hydrogen-bond acceptors (Lipinski definition) is 18. The molecule has 0 atom stereocenters. The van der Waals surface area contributed by atoms with Crippen LogP contribution in [-0.4, -0.2) is 30.5 Å². The molecule has 0 bridgehead atoms. The molecule has 0 heterocycles. The Balaban J connectivity index is -0.0000000201. The van der Waals surface area contributed by atoms with Crippen LogP contribution in [0.1, 0.15) is 0 Å². The van der Waals surface area contributed by atoms with Crippen molar-refractivity contribution in [3.63, 3.8) is 0 Å². The molecular weight excluding hydrogens is 623 g/mol. The summed E-state index contributed by atoms with van der Waals surface area (Å²) >= 11 is 0. The Morgan fingerprint density at radius 2 is 0.333 bits per heavy atom. The van der Waals surface area contributed by atoms with Crippen molar-refractivity contribution in [2.75, 3.05) is 0 Å². The van der Waals surface area contributed by atoms with Crippen molar-refractivity contribution in [2.24, 2.45) is 0 Å². The molecule has 0 aromatic heterocycles. The zero-order valence-corrected chi connectivity index (χ0v) is 20.1. The SMILES string of the molecule is O=[N+]([O-])[O-].O=[N+]([O-])[O-].O=[N+]([O-])[O-].O=[N+]([O-])[O-].O=[N+]([O-])[O-].O=[N+]([O-])[O-].[Co+2].[Co+3].[Cs+]. The van der Waals surface area contributed by atoms with Gasteiger partial charge in [-0.15, -0.1) is 0 Å². The minimum atomic E-state index is -1.75. The normalized spacial score (nSPS) is 5.33. The average Bonchev–Trinajstić information content (AvgIpc) is 2.08. The second kappa shape index (κ2) is 49.6. The van der Waals surface area contributed by atoms with Gasteiger partial charge < -0.3 is 91.9 Å². The molecule has 0 aromatic carbocycles. The first kappa shape index (κ1) is 56.2. The van der Waals surface area contributed by atoms with Gasteiger partial charge in [-0.05, 0) is 0 Å². The average molecular weight is 623 g/mol. The Labute approximate surface area is 222 Å². The Morgan fingerprint density at radius 1 is 0.333 bits per heavy atom. The molecule has 27 heteroatoms. The minimum Gasteiger partial charge on any atom is -0.356 e. The molecule has 157 valence electrons. The standard InChI is InChI=1S/2Co.Cs.6NO3/c;;;6*2-1(3)4/q+2;+3;+1;6*-1. The van der Waals surface area contributed by atoms with Crippen molar-refractivity contribution in [1.82, 2.24) is 0 Å². The van der Waals surface area contributed by atoms with Gasteiger partial charge >= 0.3 is 102 Å². The van der Waals surface area contributed by atoms with Crippen molar-refractivity contribution < 1.29 is 133 Å². The van der Waals surface area contributed by atoms with Crippen LogP contribution in [0.25, 0.3) is 0 Å². The van der Waals surface area contributed by atoms with Crippen LogP contribution >= 0.6 is 0 Å². The largest absolute Gasteiger partial charge is 3.00 e. The second-order valence-corrected chi connectivity index (χ2v) is 1.34. The second-order valence-electron chi connectivity index (χ2n) is 1.34. The van der Waals surface area contributed by atoms with E-state index >= 15 is 0 Å². The van der Waals surface area contributed by atoms with Crippen molar-refractivity contribution >= 4 is 0 Å². The summed E-state index contributed by atoms with van der Waals surface area (Å²) in [5, 5.41) is 88.5. The Hall–Kier alpha value is -1.74. The molecule has 1 radical (unpaired) electrons. The van der Waals surface area contributed by atoms with Gasteiger partial charge in [0, 0.05) is 0 Å². The van der Waals surface area contributed by atoms with Crippen LogP contribution in [0.2, 0.25) is 0 Å². The molecule has 24 nitrogen and oxygen atoms in total. The van der Waals surface area contributed by atoms with Crippen LogP contribution in [0, 0.1) is 91.9 Å². The topological polar surface area (TPSA) is 397 Å². The monoisotopic (exact) mass is 623 g/mol. The molecule has 0 aliphatic rings. The van der Waals surface area contributed by atoms with Crippen LogP contribution in [-0.2, 0) is 33.6 Å². The summed E-state index contributed by atoms with van der Waals surface area (Å²) in [6, 6.07) is 0. The van der Waals surface area contributed by atoms with Crippen LogP contribution in [0.4, 0.5) is 0 Å². The van der Waals surface area contributed by atoms with E-state index in [-0.39, 0.29) is 102 Å². The van der Waals surface area contributed by atoms with Crippen molar-refractivity contribution in [3.8, 4) is 0 Å². The smallest absolute Gasteiger partial charge is 0.356 e. The molecule has 0 rings (SSSR count). The summed E-state index contributed by atoms with van der Waals surface area (Å²) in [4.78, 5) is 49.5. The van der Waals surface area contributed by atoms with Gasteiger partial charge in [-0.2, -0.15) is 0 Å². The van der Waals surface area contributed by atoms with Gasteiger partial charge in [-0.1, -0.05) is 0 Å². The molecule has 0 amide bonds. The Bertz CT molecular complexity index is 267. The van der Waals surface area contributed by atoms with Gasteiger partial charge in [0.15, 0.2) is 0 Å². The van der Waals surface area contributed by atoms with E-state index in [0.717, 1.165) is 0 Å². The quantitative estimate of drug-likeness (QED) is 0.181. The van der Waals surface area contributed by atoms with Gasteiger partial charge in [0.25, 0.3) is 0 Å². The van der Waals surface area contributed by atoms with E-state index in [4.69, 9.17) is 91.9 Å². The molecule has 0 aliphatic carbocycles. The molecule has 0 unspecified atom stereocenters. The summed E-state index contributed by atoms with van der Waals surface area (Å²) in [6.07, 6.45) is 0. The van der Waals surface area contributed by atoms with E-state index in [9.17, 15) is 0 Å². The number of hydrogen-bond donors (Lipinski definition) is 0. The van der Waals surface area contributed by atoms with E-state index < -0.39 is 30.5 Å². The molecule has 0 aliphatic heterocycles. The molecule has 0 N–H and O–H groups in total. The van der Waals surface area contributed by atoms with E-state index in [1.54, 1.807) is 0 Å². The predicted octanol–water partition coefficient (Wildman–Crippen LogP) is -4.44. The third-order valence-electron chi connectivity index (χ3n) is 0. The zero-order valence-electron chi connectivity index (χ0n) is 11.7. The van der Waals surface area contributed by atoms with Crippen LogP contribution in [0.5, 0.6) is 0 Å². The zero-order chi connectivity index (χ0) is 21.5. The molecule has 0 spiro atoms. The van der Waals surface area contributed by atoms with Crippen molar-refractivity contribution in [3.05, 3.63) is 91.9 Å². The fraction of sp³-hybridized carbons (Fsp3) is 0. The van der Waals surface area contributed by atoms with Crippen molar-refractivity contribution in [1.29, 1.82) is 0 Å². The third-order valence-corrected chi connectivity index (χ3v) is 0. The molecule has 27 heavy (non-hydrogen) atoms. The Morgan fingerprint density at radius 3 is 0.333 bits per heavy atom. The van der Waals surface area contributed by atoms with E-state index in [0.29, 0.717) is 0 Å². The van der Waals surface area contributed by atoms with Crippen LogP contribution < -0.4 is 68.9 Å². The maximum atomic E-state index is 8.25. The maximum absolute atomic E-state index is 8.25. The van der Waals surface area contributed by atoms with Gasteiger partial charge in [-0.3, -0.25) is 0 Å². The summed E-state index contributed by atoms with van der Waals surface area (Å²) in [5.74, 6) is 0. The first-order valence-electron chi connectivity index (χ1n) is 3.29. The third kappa shape index (κ3) is 4000. The summed E-state index contributed by atoms with van der Waals surface area (Å²) < 4.78 is 0. The summed E-state index contributed by atoms with van der Waals surface area (Å²) in [7, 11) is 0. The molecular formula is Co2CsN6O18. The molecule has 0 saturated heterocycles. The van der Waals surface area contributed by atoms with Gasteiger partial charge in [0.05, 0.1) is 30.5 Å². The fourth-order valence-corrected chi connectivity index (χ4v) is 0. The summed E-state index contributed by atoms with van der Waals surface area (Å²) in [5.41, 5.74) is 0. The van der Waals surface area contributed by atoms with Gasteiger partial charge in [-0.25, -0.2) is 0 Å². The fourth-order valence-electron chi connectivity index (χ4n) is 0. The van der Waals surface area contributed by atoms with E-state index in [1.807, 2.05) is 0 Å². The van der Waals surface area contributed by atoms with Crippen molar-refractivity contribution in [2.45, 2.75) is 0 Å². The Kier molecular flexibility index (Phi) is 103. The van der Waals surface area contributed by atoms with Crippen LogP contribution in [0.3, 0.4) is 0 Å². The molecule has 0 aromatic rings. The predicted molar refractivity (Wildman–Crippen MR) is 62.2 cm³/mol. The van der Waals surface area contributed by atoms with E-state index in [2.05, 4.69) is 0 Å². The van der Waals surface area contributed by atoms with E-state index in [1.165, 1.54) is 0 Å². The first-order valence-corrected chi connectivity index (χ1v) is 3.29. The number of rotatable bonds is 0. The maximum Gasteiger partial charge on any atom is 3.00 e. The minimum absolute atomic E-state index is 0. The summed E-state index contributed by atoms with van der Waals surface area (Å²) in [6.45, 7) is 0. The number of nitrogens with zero attached hydrogens (tertiary/aromatic N) is 6. The van der Waals surface area contributed by atoms with Gasteiger partial charge in [0.2, 0.25) is 0 Å². The van der Waals surface area contributed by atoms with Gasteiger partial charge in [0.1, 0.15) is 0 Å². The molecule has 0 saturated carbocycles. The van der Waals surface area contributed by atoms with Crippen LogP contribution in [0.15, 0.2) is 0 Å². The first-order chi connectivity index (χ1) is 10.4.